The van der Waals surface area contributed by atoms with Gasteiger partial charge >= 0.3 is 0 Å². The second-order valence-electron chi connectivity index (χ2n) is 5.77. The van der Waals surface area contributed by atoms with Crippen molar-refractivity contribution in [2.24, 2.45) is 0 Å². The maximum Gasteiger partial charge on any atom is 0.0860 e. The van der Waals surface area contributed by atoms with Gasteiger partial charge in [-0.1, -0.05) is 12.1 Å². The first-order valence-corrected chi connectivity index (χ1v) is 6.70. The van der Waals surface area contributed by atoms with Crippen LogP contribution in [0.3, 0.4) is 0 Å². The van der Waals surface area contributed by atoms with Crippen molar-refractivity contribution in [3.8, 4) is 0 Å². The van der Waals surface area contributed by atoms with Crippen molar-refractivity contribution in [3.05, 3.63) is 35.7 Å². The second-order valence-corrected chi connectivity index (χ2v) is 5.77. The Morgan fingerprint density at radius 3 is 2.83 bits per heavy atom. The second kappa shape index (κ2) is 5.53. The van der Waals surface area contributed by atoms with Crippen molar-refractivity contribution in [1.82, 2.24) is 15.6 Å². The van der Waals surface area contributed by atoms with E-state index in [1.807, 2.05) is 0 Å². The Morgan fingerprint density at radius 1 is 1.33 bits per heavy atom. The topological polar surface area (TPSA) is 37.0 Å². The molecule has 2 heterocycles. The molecule has 0 saturated carbocycles. The first-order chi connectivity index (χ1) is 8.54. The van der Waals surface area contributed by atoms with Crippen LogP contribution in [0.2, 0.25) is 0 Å². The SMILES string of the molecule is CC(C)(C)NCCc1cccc(C2=CCCN2)n1. The number of nitrogens with zero attached hydrogens (tertiary/aromatic N) is 1. The monoisotopic (exact) mass is 245 g/mol. The lowest BCUT2D eigenvalue weighted by molar-refractivity contribution is 0.428. The molecule has 0 bridgehead atoms. The lowest BCUT2D eigenvalue weighted by Crippen LogP contribution is -2.37. The third kappa shape index (κ3) is 3.84. The summed E-state index contributed by atoms with van der Waals surface area (Å²) in [6, 6.07) is 6.27. The summed E-state index contributed by atoms with van der Waals surface area (Å²) in [6.45, 7) is 8.55. The van der Waals surface area contributed by atoms with Gasteiger partial charge in [0.2, 0.25) is 0 Å². The lowest BCUT2D eigenvalue weighted by Gasteiger charge is -2.20. The van der Waals surface area contributed by atoms with Crippen molar-refractivity contribution in [2.45, 2.75) is 39.2 Å². The van der Waals surface area contributed by atoms with Gasteiger partial charge in [0.15, 0.2) is 0 Å². The van der Waals surface area contributed by atoms with Gasteiger partial charge in [-0.15, -0.1) is 0 Å². The standard InChI is InChI=1S/C15H23N3/c1-15(2,3)17-11-9-12-6-4-7-14(18-12)13-8-5-10-16-13/h4,6-8,16-17H,5,9-11H2,1-3H3. The minimum absolute atomic E-state index is 0.174. The van der Waals surface area contributed by atoms with Gasteiger partial charge in [-0.2, -0.15) is 0 Å². The highest BCUT2D eigenvalue weighted by Crippen LogP contribution is 2.14. The molecule has 1 aromatic rings. The molecule has 98 valence electrons. The van der Waals surface area contributed by atoms with Crippen LogP contribution < -0.4 is 10.6 Å². The molecule has 2 rings (SSSR count). The summed E-state index contributed by atoms with van der Waals surface area (Å²) in [5.74, 6) is 0. The van der Waals surface area contributed by atoms with Crippen molar-refractivity contribution in [1.29, 1.82) is 0 Å². The van der Waals surface area contributed by atoms with E-state index in [4.69, 9.17) is 4.98 Å². The molecule has 0 aromatic carbocycles. The molecule has 2 N–H and O–H groups in total. The summed E-state index contributed by atoms with van der Waals surface area (Å²) in [7, 11) is 0. The van der Waals surface area contributed by atoms with Gasteiger partial charge in [0, 0.05) is 30.7 Å². The Kier molecular flexibility index (Phi) is 4.02. The normalized spacial score (nSPS) is 15.4. The zero-order chi connectivity index (χ0) is 13.0. The molecule has 1 aliphatic heterocycles. The molecular weight excluding hydrogens is 222 g/mol. The Hall–Kier alpha value is -1.35. The Balaban J connectivity index is 1.95. The van der Waals surface area contributed by atoms with Gasteiger partial charge in [-0.25, -0.2) is 0 Å². The molecule has 0 saturated heterocycles. The third-order valence-corrected chi connectivity index (χ3v) is 2.93. The van der Waals surface area contributed by atoms with Crippen LogP contribution in [0.5, 0.6) is 0 Å². The Bertz CT molecular complexity index is 430. The first-order valence-electron chi connectivity index (χ1n) is 6.70. The number of aromatic nitrogens is 1. The van der Waals surface area contributed by atoms with Crippen LogP contribution in [0.4, 0.5) is 0 Å². The van der Waals surface area contributed by atoms with Gasteiger partial charge < -0.3 is 10.6 Å². The molecular formula is C15H23N3. The fourth-order valence-corrected chi connectivity index (χ4v) is 2.03. The molecule has 0 spiro atoms. The fourth-order valence-electron chi connectivity index (χ4n) is 2.03. The highest BCUT2D eigenvalue weighted by atomic mass is 14.9. The van der Waals surface area contributed by atoms with Crippen LogP contribution in [0.15, 0.2) is 24.3 Å². The number of hydrogen-bond donors (Lipinski definition) is 2. The predicted molar refractivity (Wildman–Crippen MR) is 76.3 cm³/mol. The van der Waals surface area contributed by atoms with Crippen LogP contribution in [0, 0.1) is 0 Å². The van der Waals surface area contributed by atoms with E-state index in [9.17, 15) is 0 Å². The average Bonchev–Trinajstić information content (AvgIpc) is 2.81. The summed E-state index contributed by atoms with van der Waals surface area (Å²) in [5, 5.41) is 6.85. The van der Waals surface area contributed by atoms with Crippen LogP contribution in [0.25, 0.3) is 5.70 Å². The zero-order valence-corrected chi connectivity index (χ0v) is 11.6. The van der Waals surface area contributed by atoms with E-state index in [2.05, 4.69) is 55.7 Å². The van der Waals surface area contributed by atoms with Crippen LogP contribution >= 0.6 is 0 Å². The maximum atomic E-state index is 4.70. The molecule has 3 nitrogen and oxygen atoms in total. The van der Waals surface area contributed by atoms with Crippen molar-refractivity contribution in [3.63, 3.8) is 0 Å². The number of hydrogen-bond acceptors (Lipinski definition) is 3. The molecule has 0 amide bonds. The van der Waals surface area contributed by atoms with Gasteiger partial charge in [0.05, 0.1) is 11.4 Å². The summed E-state index contributed by atoms with van der Waals surface area (Å²) in [4.78, 5) is 4.70. The maximum absolute atomic E-state index is 4.70. The molecule has 0 unspecified atom stereocenters. The Labute approximate surface area is 110 Å². The van der Waals surface area contributed by atoms with Gasteiger partial charge in [0.1, 0.15) is 0 Å². The van der Waals surface area contributed by atoms with E-state index in [0.29, 0.717) is 0 Å². The molecule has 3 heteroatoms. The minimum atomic E-state index is 0.174. The smallest absolute Gasteiger partial charge is 0.0860 e. The minimum Gasteiger partial charge on any atom is -0.383 e. The van der Waals surface area contributed by atoms with E-state index in [0.717, 1.165) is 37.3 Å². The van der Waals surface area contributed by atoms with E-state index in [1.54, 1.807) is 0 Å². The van der Waals surface area contributed by atoms with E-state index < -0.39 is 0 Å². The largest absolute Gasteiger partial charge is 0.383 e. The van der Waals surface area contributed by atoms with Gasteiger partial charge in [0.25, 0.3) is 0 Å². The Morgan fingerprint density at radius 2 is 2.17 bits per heavy atom. The predicted octanol–water partition coefficient (Wildman–Crippen LogP) is 2.35. The van der Waals surface area contributed by atoms with Crippen LogP contribution in [-0.4, -0.2) is 23.6 Å². The molecule has 1 aromatic heterocycles. The highest BCUT2D eigenvalue weighted by Gasteiger charge is 2.10. The van der Waals surface area contributed by atoms with E-state index >= 15 is 0 Å². The van der Waals surface area contributed by atoms with Crippen molar-refractivity contribution in [2.75, 3.05) is 13.1 Å². The molecule has 0 aliphatic carbocycles. The van der Waals surface area contributed by atoms with Crippen LogP contribution in [0.1, 0.15) is 38.6 Å². The van der Waals surface area contributed by atoms with Crippen LogP contribution in [-0.2, 0) is 6.42 Å². The molecule has 18 heavy (non-hydrogen) atoms. The number of pyridine rings is 1. The van der Waals surface area contributed by atoms with E-state index in [1.165, 1.54) is 5.70 Å². The molecule has 0 radical (unpaired) electrons. The highest BCUT2D eigenvalue weighted by molar-refractivity contribution is 5.62. The molecule has 1 aliphatic rings. The van der Waals surface area contributed by atoms with Crippen molar-refractivity contribution < 1.29 is 0 Å². The first kappa shape index (κ1) is 13.1. The molecule has 0 fully saturated rings. The molecule has 0 atom stereocenters. The number of rotatable bonds is 4. The van der Waals surface area contributed by atoms with Gasteiger partial charge in [-0.05, 0) is 39.3 Å². The lowest BCUT2D eigenvalue weighted by atomic mass is 10.1. The summed E-state index contributed by atoms with van der Waals surface area (Å²) in [6.07, 6.45) is 4.30. The van der Waals surface area contributed by atoms with Gasteiger partial charge in [-0.3, -0.25) is 4.98 Å². The van der Waals surface area contributed by atoms with Crippen molar-refractivity contribution >= 4 is 5.70 Å². The third-order valence-electron chi connectivity index (χ3n) is 2.93. The summed E-state index contributed by atoms with van der Waals surface area (Å²) < 4.78 is 0. The average molecular weight is 245 g/mol. The summed E-state index contributed by atoms with van der Waals surface area (Å²) >= 11 is 0. The zero-order valence-electron chi connectivity index (χ0n) is 11.6. The fraction of sp³-hybridized carbons (Fsp3) is 0.533. The quantitative estimate of drug-likeness (QED) is 0.855. The van der Waals surface area contributed by atoms with E-state index in [-0.39, 0.29) is 5.54 Å². The number of nitrogens with one attached hydrogen (secondary N) is 2. The summed E-state index contributed by atoms with van der Waals surface area (Å²) in [5.41, 5.74) is 3.58.